The molecule has 0 unspecified atom stereocenters. The van der Waals surface area contributed by atoms with Crippen LogP contribution in [-0.2, 0) is 6.54 Å². The number of β-amino-alcohol motifs (C(OH)–C–C–N with tert-alkyl or cyclic N) is 1. The summed E-state index contributed by atoms with van der Waals surface area (Å²) in [5, 5.41) is 34.6. The van der Waals surface area contributed by atoms with Gasteiger partial charge in [0, 0.05) is 62.2 Å². The number of piperazine rings is 1. The Morgan fingerprint density at radius 3 is 2.61 bits per heavy atom. The van der Waals surface area contributed by atoms with Crippen LogP contribution in [0, 0.1) is 10.1 Å². The van der Waals surface area contributed by atoms with Crippen LogP contribution in [0.3, 0.4) is 0 Å². The van der Waals surface area contributed by atoms with Crippen LogP contribution in [0.5, 0.6) is 5.75 Å². The van der Waals surface area contributed by atoms with Gasteiger partial charge in [-0.25, -0.2) is 0 Å². The second kappa shape index (κ2) is 10.2. The van der Waals surface area contributed by atoms with E-state index in [1.165, 1.54) is 12.1 Å². The first-order valence-corrected chi connectivity index (χ1v) is 11.0. The third-order valence-electron chi connectivity index (χ3n) is 5.72. The Labute approximate surface area is 195 Å². The van der Waals surface area contributed by atoms with Gasteiger partial charge in [0.1, 0.15) is 5.75 Å². The molecular formula is C22H25ClN6O4. The summed E-state index contributed by atoms with van der Waals surface area (Å²) in [6, 6.07) is 10.2. The first kappa shape index (κ1) is 23.0. The highest BCUT2D eigenvalue weighted by Crippen LogP contribution is 2.32. The molecule has 0 amide bonds. The van der Waals surface area contributed by atoms with Crippen molar-refractivity contribution in [3.8, 4) is 5.75 Å². The number of methoxy groups -OCH3 is 1. The molecule has 3 aromatic rings. The summed E-state index contributed by atoms with van der Waals surface area (Å²) in [5.74, 6) is 1.75. The molecule has 0 saturated carbocycles. The molecule has 1 fully saturated rings. The van der Waals surface area contributed by atoms with E-state index >= 15 is 0 Å². The Morgan fingerprint density at radius 1 is 1.15 bits per heavy atom. The van der Waals surface area contributed by atoms with E-state index in [-0.39, 0.29) is 12.3 Å². The smallest absolute Gasteiger partial charge is 0.270 e. The van der Waals surface area contributed by atoms with E-state index in [0.29, 0.717) is 40.9 Å². The maximum Gasteiger partial charge on any atom is 0.270 e. The van der Waals surface area contributed by atoms with Gasteiger partial charge in [-0.15, -0.1) is 10.2 Å². The van der Waals surface area contributed by atoms with Gasteiger partial charge in [-0.3, -0.25) is 15.0 Å². The number of fused-ring (bicyclic) bond motifs is 1. The molecular weight excluding hydrogens is 448 g/mol. The molecule has 2 aromatic carbocycles. The van der Waals surface area contributed by atoms with E-state index in [2.05, 4.69) is 25.3 Å². The van der Waals surface area contributed by atoms with E-state index < -0.39 is 4.92 Å². The second-order valence-corrected chi connectivity index (χ2v) is 8.14. The average molecular weight is 473 g/mol. The lowest BCUT2D eigenvalue weighted by Crippen LogP contribution is -2.47. The lowest BCUT2D eigenvalue weighted by atomic mass is 10.1. The normalized spacial score (nSPS) is 14.5. The summed E-state index contributed by atoms with van der Waals surface area (Å²) in [7, 11) is 1.56. The molecule has 33 heavy (non-hydrogen) atoms. The van der Waals surface area contributed by atoms with Crippen LogP contribution in [0.15, 0.2) is 36.4 Å². The Bertz CT molecular complexity index is 1150. The molecule has 1 aromatic heterocycles. The van der Waals surface area contributed by atoms with Gasteiger partial charge >= 0.3 is 0 Å². The fraction of sp³-hybridized carbons (Fsp3) is 0.364. The SMILES string of the molecule is COc1ccc(CNc2nnc(N3CCN(CCO)CC3)c3ccc([N+](=O)[O-])cc23)cc1Cl. The molecule has 0 spiro atoms. The third kappa shape index (κ3) is 5.08. The number of aliphatic hydroxyl groups is 1. The van der Waals surface area contributed by atoms with Crippen molar-refractivity contribution in [2.24, 2.45) is 0 Å². The molecule has 11 heteroatoms. The second-order valence-electron chi connectivity index (χ2n) is 7.73. The monoisotopic (exact) mass is 472 g/mol. The first-order valence-electron chi connectivity index (χ1n) is 10.6. The van der Waals surface area contributed by atoms with Crippen molar-refractivity contribution >= 4 is 39.7 Å². The number of aromatic nitrogens is 2. The number of hydrogen-bond acceptors (Lipinski definition) is 9. The van der Waals surface area contributed by atoms with Gasteiger partial charge in [0.05, 0.1) is 23.7 Å². The Hall–Kier alpha value is -3.21. The Morgan fingerprint density at radius 2 is 1.94 bits per heavy atom. The van der Waals surface area contributed by atoms with Crippen LogP contribution >= 0.6 is 11.6 Å². The average Bonchev–Trinajstić information content (AvgIpc) is 2.83. The van der Waals surface area contributed by atoms with Gasteiger partial charge in [-0.05, 0) is 23.8 Å². The highest BCUT2D eigenvalue weighted by Gasteiger charge is 2.22. The molecule has 0 atom stereocenters. The molecule has 0 bridgehead atoms. The van der Waals surface area contributed by atoms with Crippen LogP contribution in [-0.4, -0.2) is 71.6 Å². The number of rotatable bonds is 8. The fourth-order valence-electron chi connectivity index (χ4n) is 3.94. The van der Waals surface area contributed by atoms with Crippen molar-refractivity contribution in [2.45, 2.75) is 6.54 Å². The first-order chi connectivity index (χ1) is 16.0. The quantitative estimate of drug-likeness (QED) is 0.377. The lowest BCUT2D eigenvalue weighted by molar-refractivity contribution is -0.384. The zero-order valence-electron chi connectivity index (χ0n) is 18.2. The van der Waals surface area contributed by atoms with Crippen LogP contribution in [0.4, 0.5) is 17.3 Å². The predicted molar refractivity (Wildman–Crippen MR) is 127 cm³/mol. The number of nitro groups is 1. The molecule has 2 N–H and O–H groups in total. The van der Waals surface area contributed by atoms with Gasteiger partial charge in [0.2, 0.25) is 0 Å². The van der Waals surface area contributed by atoms with Gasteiger partial charge in [-0.2, -0.15) is 0 Å². The summed E-state index contributed by atoms with van der Waals surface area (Å²) in [5.41, 5.74) is 0.898. The minimum Gasteiger partial charge on any atom is -0.495 e. The molecule has 2 heterocycles. The van der Waals surface area contributed by atoms with Crippen LogP contribution in [0.25, 0.3) is 10.8 Å². The molecule has 1 saturated heterocycles. The van der Waals surface area contributed by atoms with Crippen LogP contribution < -0.4 is 15.0 Å². The summed E-state index contributed by atoms with van der Waals surface area (Å²) in [6.45, 7) is 4.26. The van der Waals surface area contributed by atoms with Crippen molar-refractivity contribution < 1.29 is 14.8 Å². The van der Waals surface area contributed by atoms with Crippen LogP contribution in [0.2, 0.25) is 5.02 Å². The van der Waals surface area contributed by atoms with Crippen LogP contribution in [0.1, 0.15) is 5.56 Å². The fourth-order valence-corrected chi connectivity index (χ4v) is 4.22. The number of benzene rings is 2. The minimum absolute atomic E-state index is 0.00948. The van der Waals surface area contributed by atoms with Crippen molar-refractivity contribution in [2.75, 3.05) is 56.7 Å². The number of nitrogens with one attached hydrogen (secondary N) is 1. The highest BCUT2D eigenvalue weighted by atomic mass is 35.5. The van der Waals surface area contributed by atoms with Gasteiger partial charge in [-0.1, -0.05) is 17.7 Å². The van der Waals surface area contributed by atoms with Gasteiger partial charge in [0.25, 0.3) is 5.69 Å². The Kier molecular flexibility index (Phi) is 7.07. The number of nitro benzene ring substituents is 1. The zero-order valence-corrected chi connectivity index (χ0v) is 19.0. The number of hydrogen-bond donors (Lipinski definition) is 2. The lowest BCUT2D eigenvalue weighted by Gasteiger charge is -2.35. The number of nitrogens with zero attached hydrogens (tertiary/aromatic N) is 5. The summed E-state index contributed by atoms with van der Waals surface area (Å²) in [6.07, 6.45) is 0. The largest absolute Gasteiger partial charge is 0.495 e. The number of halogens is 1. The summed E-state index contributed by atoms with van der Waals surface area (Å²) < 4.78 is 5.19. The number of non-ortho nitro benzene ring substituents is 1. The molecule has 10 nitrogen and oxygen atoms in total. The molecule has 1 aliphatic rings. The van der Waals surface area contributed by atoms with Gasteiger partial charge in [0.15, 0.2) is 11.6 Å². The summed E-state index contributed by atoms with van der Waals surface area (Å²) in [4.78, 5) is 15.3. The highest BCUT2D eigenvalue weighted by molar-refractivity contribution is 6.32. The Balaban J connectivity index is 1.63. The third-order valence-corrected chi connectivity index (χ3v) is 6.01. The maximum atomic E-state index is 11.4. The van der Waals surface area contributed by atoms with E-state index in [9.17, 15) is 10.1 Å². The topological polar surface area (TPSA) is 117 Å². The molecule has 1 aliphatic heterocycles. The molecule has 4 rings (SSSR count). The van der Waals surface area contributed by atoms with Gasteiger partial charge < -0.3 is 20.1 Å². The maximum absolute atomic E-state index is 11.4. The number of aliphatic hydroxyl groups excluding tert-OH is 1. The predicted octanol–water partition coefficient (Wildman–Crippen LogP) is 2.93. The molecule has 0 aliphatic carbocycles. The van der Waals surface area contributed by atoms with Crippen molar-refractivity contribution in [1.29, 1.82) is 0 Å². The van der Waals surface area contributed by atoms with E-state index in [0.717, 1.165) is 37.1 Å². The van der Waals surface area contributed by atoms with Crippen molar-refractivity contribution in [3.63, 3.8) is 0 Å². The summed E-state index contributed by atoms with van der Waals surface area (Å²) >= 11 is 6.22. The van der Waals surface area contributed by atoms with E-state index in [1.807, 2.05) is 6.07 Å². The number of anilines is 2. The minimum atomic E-state index is -0.416. The standard InChI is InChI=1S/C22H25ClN6O4/c1-33-20-5-2-15(12-19(20)23)14-24-21-18-13-16(29(31)32)3-4-17(18)22(26-25-21)28-8-6-27(7-9-28)10-11-30/h2-5,12-13,30H,6-11,14H2,1H3,(H,24,25). The molecule has 0 radical (unpaired) electrons. The van der Waals surface area contributed by atoms with E-state index in [1.54, 1.807) is 25.3 Å². The van der Waals surface area contributed by atoms with Crippen molar-refractivity contribution in [3.05, 3.63) is 57.1 Å². The van der Waals surface area contributed by atoms with E-state index in [4.69, 9.17) is 21.4 Å². The van der Waals surface area contributed by atoms with Crippen molar-refractivity contribution in [1.82, 2.24) is 15.1 Å². The zero-order chi connectivity index (χ0) is 23.4. The number of ether oxygens (including phenoxy) is 1. The molecule has 174 valence electrons.